The van der Waals surface area contributed by atoms with Crippen molar-refractivity contribution in [2.75, 3.05) is 18.4 Å². The molecule has 1 aliphatic heterocycles. The molecule has 3 rings (SSSR count). The largest absolute Gasteiger partial charge is 0.489 e. The number of thiazole rings is 1. The van der Waals surface area contributed by atoms with E-state index < -0.39 is 0 Å². The SMILES string of the molecule is CC(=O)Nc1ncc(CN2CCCC(Oc3ccnc(C)c3)C2)s1. The van der Waals surface area contributed by atoms with Crippen molar-refractivity contribution in [3.8, 4) is 5.75 Å². The highest BCUT2D eigenvalue weighted by atomic mass is 32.1. The molecule has 1 atom stereocenters. The second-order valence-corrected chi connectivity index (χ2v) is 7.18. The first-order valence-electron chi connectivity index (χ1n) is 8.12. The fourth-order valence-electron chi connectivity index (χ4n) is 2.85. The smallest absolute Gasteiger partial charge is 0.223 e. The Morgan fingerprint density at radius 2 is 2.38 bits per heavy atom. The molecule has 128 valence electrons. The van der Waals surface area contributed by atoms with Crippen LogP contribution in [0.4, 0.5) is 5.13 Å². The summed E-state index contributed by atoms with van der Waals surface area (Å²) in [4.78, 5) is 23.1. The normalized spacial score (nSPS) is 18.3. The highest BCUT2D eigenvalue weighted by Crippen LogP contribution is 2.23. The first-order valence-corrected chi connectivity index (χ1v) is 8.94. The quantitative estimate of drug-likeness (QED) is 0.902. The molecular formula is C17H22N4O2S. The number of likely N-dealkylation sites (tertiary alicyclic amines) is 1. The number of carbonyl (C=O) groups excluding carboxylic acids is 1. The Kier molecular flexibility index (Phi) is 5.42. The number of anilines is 1. The van der Waals surface area contributed by atoms with Crippen molar-refractivity contribution >= 4 is 22.4 Å². The molecule has 3 heterocycles. The summed E-state index contributed by atoms with van der Waals surface area (Å²) in [7, 11) is 0. The second-order valence-electron chi connectivity index (χ2n) is 6.06. The van der Waals surface area contributed by atoms with Crippen molar-refractivity contribution in [2.24, 2.45) is 0 Å². The maximum atomic E-state index is 11.1. The number of nitrogens with one attached hydrogen (secondary N) is 1. The van der Waals surface area contributed by atoms with Crippen molar-refractivity contribution in [3.05, 3.63) is 35.1 Å². The number of rotatable bonds is 5. The van der Waals surface area contributed by atoms with Crippen LogP contribution in [0.25, 0.3) is 0 Å². The lowest BCUT2D eigenvalue weighted by Gasteiger charge is -2.32. The Balaban J connectivity index is 1.55. The summed E-state index contributed by atoms with van der Waals surface area (Å²) in [5, 5.41) is 3.39. The van der Waals surface area contributed by atoms with E-state index in [2.05, 4.69) is 20.2 Å². The molecule has 0 aromatic carbocycles. The van der Waals surface area contributed by atoms with E-state index in [1.807, 2.05) is 25.3 Å². The molecule has 6 nitrogen and oxygen atoms in total. The van der Waals surface area contributed by atoms with Crippen molar-refractivity contribution < 1.29 is 9.53 Å². The van der Waals surface area contributed by atoms with Gasteiger partial charge in [-0.1, -0.05) is 0 Å². The molecule has 1 amide bonds. The summed E-state index contributed by atoms with van der Waals surface area (Å²) in [5.74, 6) is 0.801. The molecule has 2 aromatic heterocycles. The number of piperidine rings is 1. The topological polar surface area (TPSA) is 67.4 Å². The molecule has 7 heteroatoms. The third-order valence-electron chi connectivity index (χ3n) is 3.85. The minimum Gasteiger partial charge on any atom is -0.489 e. The maximum absolute atomic E-state index is 11.1. The van der Waals surface area contributed by atoms with Gasteiger partial charge in [0, 0.05) is 49.0 Å². The molecule has 1 fully saturated rings. The molecule has 1 unspecified atom stereocenters. The van der Waals surface area contributed by atoms with Gasteiger partial charge in [0.15, 0.2) is 5.13 Å². The van der Waals surface area contributed by atoms with Gasteiger partial charge in [-0.2, -0.15) is 0 Å². The van der Waals surface area contributed by atoms with E-state index in [0.717, 1.165) is 48.8 Å². The summed E-state index contributed by atoms with van der Waals surface area (Å²) in [6.45, 7) is 6.26. The molecule has 0 aliphatic carbocycles. The lowest BCUT2D eigenvalue weighted by molar-refractivity contribution is -0.114. The predicted octanol–water partition coefficient (Wildman–Crippen LogP) is 2.85. The third-order valence-corrected chi connectivity index (χ3v) is 4.75. The number of hydrogen-bond acceptors (Lipinski definition) is 6. The summed E-state index contributed by atoms with van der Waals surface area (Å²) in [5.41, 5.74) is 0.968. The number of carbonyl (C=O) groups is 1. The van der Waals surface area contributed by atoms with Crippen LogP contribution in [0.2, 0.25) is 0 Å². The Morgan fingerprint density at radius 3 is 3.17 bits per heavy atom. The van der Waals surface area contributed by atoms with Gasteiger partial charge in [-0.15, -0.1) is 11.3 Å². The third kappa shape index (κ3) is 4.75. The lowest BCUT2D eigenvalue weighted by Crippen LogP contribution is -2.40. The number of hydrogen-bond donors (Lipinski definition) is 1. The number of aromatic nitrogens is 2. The van der Waals surface area contributed by atoms with Gasteiger partial charge < -0.3 is 10.1 Å². The number of pyridine rings is 1. The molecule has 0 radical (unpaired) electrons. The number of nitrogens with zero attached hydrogens (tertiary/aromatic N) is 3. The fraction of sp³-hybridized carbons (Fsp3) is 0.471. The fourth-order valence-corrected chi connectivity index (χ4v) is 3.75. The van der Waals surface area contributed by atoms with E-state index in [1.165, 1.54) is 18.3 Å². The Morgan fingerprint density at radius 1 is 1.50 bits per heavy atom. The highest BCUT2D eigenvalue weighted by molar-refractivity contribution is 7.15. The van der Waals surface area contributed by atoms with Crippen LogP contribution in [-0.2, 0) is 11.3 Å². The van der Waals surface area contributed by atoms with Crippen LogP contribution in [0.15, 0.2) is 24.5 Å². The average Bonchev–Trinajstić information content (AvgIpc) is 2.94. The van der Waals surface area contributed by atoms with Gasteiger partial charge in [0.1, 0.15) is 11.9 Å². The standard InChI is InChI=1S/C17H22N4O2S/c1-12-8-14(5-6-18-12)23-15-4-3-7-21(10-15)11-16-9-19-17(24-16)20-13(2)22/h5-6,8-9,15H,3-4,7,10-11H2,1-2H3,(H,19,20,22). The monoisotopic (exact) mass is 346 g/mol. The van der Waals surface area contributed by atoms with Crippen LogP contribution in [0.3, 0.4) is 0 Å². The van der Waals surface area contributed by atoms with Crippen molar-refractivity contribution in [3.63, 3.8) is 0 Å². The Labute approximate surface area is 145 Å². The lowest BCUT2D eigenvalue weighted by atomic mass is 10.1. The van der Waals surface area contributed by atoms with Crippen LogP contribution in [0.1, 0.15) is 30.3 Å². The minimum atomic E-state index is -0.0880. The van der Waals surface area contributed by atoms with Gasteiger partial charge in [0.25, 0.3) is 0 Å². The van der Waals surface area contributed by atoms with Gasteiger partial charge in [-0.25, -0.2) is 4.98 Å². The molecule has 1 N–H and O–H groups in total. The van der Waals surface area contributed by atoms with E-state index in [1.54, 1.807) is 6.20 Å². The number of amides is 1. The second kappa shape index (κ2) is 7.72. The Hall–Kier alpha value is -1.99. The number of ether oxygens (including phenoxy) is 1. The summed E-state index contributed by atoms with van der Waals surface area (Å²) >= 11 is 1.53. The van der Waals surface area contributed by atoms with Gasteiger partial charge >= 0.3 is 0 Å². The van der Waals surface area contributed by atoms with Crippen molar-refractivity contribution in [2.45, 2.75) is 39.3 Å². The van der Waals surface area contributed by atoms with Crippen LogP contribution < -0.4 is 10.1 Å². The van der Waals surface area contributed by atoms with Crippen molar-refractivity contribution in [1.82, 2.24) is 14.9 Å². The average molecular weight is 346 g/mol. The highest BCUT2D eigenvalue weighted by Gasteiger charge is 2.22. The molecule has 1 saturated heterocycles. The molecule has 0 spiro atoms. The van der Waals surface area contributed by atoms with Crippen LogP contribution >= 0.6 is 11.3 Å². The van der Waals surface area contributed by atoms with E-state index in [-0.39, 0.29) is 12.0 Å². The molecule has 0 bridgehead atoms. The zero-order valence-electron chi connectivity index (χ0n) is 14.0. The number of aryl methyl sites for hydroxylation is 1. The van der Waals surface area contributed by atoms with E-state index in [4.69, 9.17) is 4.74 Å². The molecule has 24 heavy (non-hydrogen) atoms. The summed E-state index contributed by atoms with van der Waals surface area (Å²) in [6, 6.07) is 3.89. The van der Waals surface area contributed by atoms with E-state index in [0.29, 0.717) is 5.13 Å². The molecular weight excluding hydrogens is 324 g/mol. The van der Waals surface area contributed by atoms with Crippen LogP contribution in [-0.4, -0.2) is 40.0 Å². The summed E-state index contributed by atoms with van der Waals surface area (Å²) in [6.07, 6.45) is 6.01. The molecule has 0 saturated carbocycles. The van der Waals surface area contributed by atoms with E-state index >= 15 is 0 Å². The predicted molar refractivity (Wildman–Crippen MR) is 94.3 cm³/mol. The van der Waals surface area contributed by atoms with Gasteiger partial charge in [0.05, 0.1) is 0 Å². The molecule has 2 aromatic rings. The van der Waals surface area contributed by atoms with Crippen molar-refractivity contribution in [1.29, 1.82) is 0 Å². The van der Waals surface area contributed by atoms with Crippen LogP contribution in [0, 0.1) is 6.92 Å². The zero-order chi connectivity index (χ0) is 16.9. The van der Waals surface area contributed by atoms with Gasteiger partial charge in [-0.05, 0) is 32.4 Å². The maximum Gasteiger partial charge on any atom is 0.223 e. The van der Waals surface area contributed by atoms with Gasteiger partial charge in [-0.3, -0.25) is 14.7 Å². The van der Waals surface area contributed by atoms with E-state index in [9.17, 15) is 4.79 Å². The first kappa shape index (κ1) is 16.9. The minimum absolute atomic E-state index is 0.0880. The zero-order valence-corrected chi connectivity index (χ0v) is 14.8. The summed E-state index contributed by atoms with van der Waals surface area (Å²) < 4.78 is 6.11. The first-order chi connectivity index (χ1) is 11.6. The molecule has 1 aliphatic rings. The van der Waals surface area contributed by atoms with Gasteiger partial charge in [0.2, 0.25) is 5.91 Å². The van der Waals surface area contributed by atoms with Crippen LogP contribution in [0.5, 0.6) is 5.75 Å². The Bertz CT molecular complexity index is 703.